The molecule has 0 atom stereocenters. The van der Waals surface area contributed by atoms with Crippen LogP contribution in [0.1, 0.15) is 5.56 Å². The van der Waals surface area contributed by atoms with Crippen molar-refractivity contribution in [1.82, 2.24) is 9.97 Å². The summed E-state index contributed by atoms with van der Waals surface area (Å²) in [5, 5.41) is 0.547. The molecule has 0 aliphatic rings. The lowest BCUT2D eigenvalue weighted by Crippen LogP contribution is -1.95. The Morgan fingerprint density at radius 1 is 1.05 bits per heavy atom. The van der Waals surface area contributed by atoms with Crippen molar-refractivity contribution < 1.29 is 13.9 Å². The van der Waals surface area contributed by atoms with E-state index in [9.17, 15) is 4.39 Å². The minimum Gasteiger partial charge on any atom is -0.438 e. The van der Waals surface area contributed by atoms with E-state index in [0.717, 1.165) is 12.0 Å². The number of fused-ring (bicyclic) bond motifs is 1. The van der Waals surface area contributed by atoms with Crippen LogP contribution in [0.15, 0.2) is 48.8 Å². The van der Waals surface area contributed by atoms with Gasteiger partial charge in [0, 0.05) is 7.11 Å². The highest BCUT2D eigenvalue weighted by molar-refractivity contribution is 5.83. The summed E-state index contributed by atoms with van der Waals surface area (Å²) in [4.78, 5) is 8.20. The van der Waals surface area contributed by atoms with E-state index in [1.165, 1.54) is 18.5 Å². The second-order valence-electron chi connectivity index (χ2n) is 4.83. The normalized spacial score (nSPS) is 10.8. The highest BCUT2D eigenvalue weighted by Gasteiger charge is 2.07. The molecule has 1 heterocycles. The number of ether oxygens (including phenoxy) is 2. The lowest BCUT2D eigenvalue weighted by atomic mass is 10.1. The molecule has 0 aliphatic heterocycles. The molecule has 0 saturated carbocycles. The first-order chi connectivity index (χ1) is 10.8. The Morgan fingerprint density at radius 3 is 2.64 bits per heavy atom. The number of rotatable bonds is 5. The zero-order chi connectivity index (χ0) is 15.4. The molecule has 22 heavy (non-hydrogen) atoms. The maximum absolute atomic E-state index is 13.4. The summed E-state index contributed by atoms with van der Waals surface area (Å²) in [6, 6.07) is 12.0. The summed E-state index contributed by atoms with van der Waals surface area (Å²) in [7, 11) is 1.68. The van der Waals surface area contributed by atoms with Gasteiger partial charge in [0.25, 0.3) is 0 Å². The zero-order valence-corrected chi connectivity index (χ0v) is 12.1. The van der Waals surface area contributed by atoms with E-state index >= 15 is 0 Å². The van der Waals surface area contributed by atoms with Crippen LogP contribution in [-0.4, -0.2) is 23.7 Å². The van der Waals surface area contributed by atoms with Crippen LogP contribution in [0.4, 0.5) is 4.39 Å². The number of hydrogen-bond donors (Lipinski definition) is 0. The number of halogens is 1. The van der Waals surface area contributed by atoms with Gasteiger partial charge < -0.3 is 9.47 Å². The molecule has 0 fully saturated rings. The lowest BCUT2D eigenvalue weighted by molar-refractivity contribution is 0.202. The molecule has 0 N–H and O–H groups in total. The topological polar surface area (TPSA) is 44.2 Å². The van der Waals surface area contributed by atoms with Crippen molar-refractivity contribution in [2.75, 3.05) is 13.7 Å². The van der Waals surface area contributed by atoms with Gasteiger partial charge in [-0.3, -0.25) is 0 Å². The van der Waals surface area contributed by atoms with Crippen LogP contribution in [0.2, 0.25) is 0 Å². The van der Waals surface area contributed by atoms with E-state index in [0.29, 0.717) is 29.1 Å². The second-order valence-corrected chi connectivity index (χ2v) is 4.83. The lowest BCUT2D eigenvalue weighted by Gasteiger charge is -2.08. The van der Waals surface area contributed by atoms with Crippen molar-refractivity contribution in [3.8, 4) is 11.6 Å². The Balaban J connectivity index is 1.85. The Hall–Kier alpha value is -2.53. The zero-order valence-electron chi connectivity index (χ0n) is 12.1. The molecule has 2 aromatic carbocycles. The first-order valence-corrected chi connectivity index (χ1v) is 6.92. The van der Waals surface area contributed by atoms with Crippen molar-refractivity contribution in [1.29, 1.82) is 0 Å². The van der Waals surface area contributed by atoms with Crippen molar-refractivity contribution in [3.63, 3.8) is 0 Å². The predicted molar refractivity (Wildman–Crippen MR) is 81.6 cm³/mol. The van der Waals surface area contributed by atoms with Crippen LogP contribution < -0.4 is 4.74 Å². The fraction of sp³-hybridized carbons (Fsp3) is 0.176. The molecule has 0 amide bonds. The molecule has 0 aliphatic carbocycles. The van der Waals surface area contributed by atoms with E-state index in [-0.39, 0.29) is 5.82 Å². The maximum atomic E-state index is 13.4. The Kier molecular flexibility index (Phi) is 4.25. The molecule has 0 unspecified atom stereocenters. The quantitative estimate of drug-likeness (QED) is 0.719. The molecule has 112 valence electrons. The molecule has 3 rings (SSSR count). The first-order valence-electron chi connectivity index (χ1n) is 6.92. The molecule has 3 aromatic rings. The summed E-state index contributed by atoms with van der Waals surface area (Å²) in [5.41, 5.74) is 1.80. The molecule has 0 radical (unpaired) electrons. The largest absolute Gasteiger partial charge is 0.438 e. The van der Waals surface area contributed by atoms with Crippen LogP contribution in [0.25, 0.3) is 10.9 Å². The Bertz CT molecular complexity index is 775. The van der Waals surface area contributed by atoms with Gasteiger partial charge in [-0.15, -0.1) is 0 Å². The third-order valence-corrected chi connectivity index (χ3v) is 3.29. The minimum atomic E-state index is -0.345. The van der Waals surface area contributed by atoms with Crippen LogP contribution in [-0.2, 0) is 11.2 Å². The van der Waals surface area contributed by atoms with E-state index in [4.69, 9.17) is 9.47 Å². The van der Waals surface area contributed by atoms with Gasteiger partial charge >= 0.3 is 0 Å². The van der Waals surface area contributed by atoms with Gasteiger partial charge in [-0.1, -0.05) is 12.1 Å². The number of hydrogen-bond acceptors (Lipinski definition) is 4. The van der Waals surface area contributed by atoms with Gasteiger partial charge in [-0.05, 0) is 42.3 Å². The van der Waals surface area contributed by atoms with Crippen molar-refractivity contribution in [3.05, 3.63) is 60.2 Å². The smallest absolute Gasteiger partial charge is 0.230 e. The van der Waals surface area contributed by atoms with E-state index < -0.39 is 0 Å². The third kappa shape index (κ3) is 3.20. The Morgan fingerprint density at radius 2 is 1.86 bits per heavy atom. The summed E-state index contributed by atoms with van der Waals surface area (Å²) < 4.78 is 24.2. The molecular formula is C17H15FN2O2. The summed E-state index contributed by atoms with van der Waals surface area (Å²) in [6.07, 6.45) is 2.25. The van der Waals surface area contributed by atoms with Crippen LogP contribution in [0.3, 0.4) is 0 Å². The molecule has 0 spiro atoms. The van der Waals surface area contributed by atoms with Crippen LogP contribution >= 0.6 is 0 Å². The number of benzene rings is 2. The van der Waals surface area contributed by atoms with Crippen LogP contribution in [0, 0.1) is 5.82 Å². The summed E-state index contributed by atoms with van der Waals surface area (Å²) in [6.45, 7) is 0.677. The summed E-state index contributed by atoms with van der Waals surface area (Å²) >= 11 is 0. The fourth-order valence-corrected chi connectivity index (χ4v) is 2.14. The molecule has 4 nitrogen and oxygen atoms in total. The fourth-order valence-electron chi connectivity index (χ4n) is 2.14. The van der Waals surface area contributed by atoms with Gasteiger partial charge in [0.05, 0.1) is 17.5 Å². The van der Waals surface area contributed by atoms with Crippen molar-refractivity contribution in [2.45, 2.75) is 6.42 Å². The first kappa shape index (κ1) is 14.4. The Labute approximate surface area is 127 Å². The standard InChI is InChI=1S/C17H15FN2O2/c1-21-9-8-12-2-5-14(6-3-12)22-17-15-10-13(18)4-7-16(15)19-11-20-17/h2-7,10-11H,8-9H2,1H3. The van der Waals surface area contributed by atoms with E-state index in [2.05, 4.69) is 9.97 Å². The SMILES string of the molecule is COCCc1ccc(Oc2ncnc3ccc(F)cc23)cc1. The van der Waals surface area contributed by atoms with Gasteiger partial charge in [-0.2, -0.15) is 0 Å². The highest BCUT2D eigenvalue weighted by Crippen LogP contribution is 2.27. The van der Waals surface area contributed by atoms with Crippen LogP contribution in [0.5, 0.6) is 11.6 Å². The molecule has 0 bridgehead atoms. The monoisotopic (exact) mass is 298 g/mol. The third-order valence-electron chi connectivity index (χ3n) is 3.29. The van der Waals surface area contributed by atoms with Crippen molar-refractivity contribution in [2.24, 2.45) is 0 Å². The molecule has 0 saturated heterocycles. The maximum Gasteiger partial charge on any atom is 0.230 e. The minimum absolute atomic E-state index is 0.342. The number of methoxy groups -OCH3 is 1. The average molecular weight is 298 g/mol. The van der Waals surface area contributed by atoms with E-state index in [1.807, 2.05) is 24.3 Å². The highest BCUT2D eigenvalue weighted by atomic mass is 19.1. The summed E-state index contributed by atoms with van der Waals surface area (Å²) in [5.74, 6) is 0.640. The predicted octanol–water partition coefficient (Wildman–Crippen LogP) is 3.75. The molecule has 1 aromatic heterocycles. The van der Waals surface area contributed by atoms with Crippen molar-refractivity contribution >= 4 is 10.9 Å². The molecule has 5 heteroatoms. The second kappa shape index (κ2) is 6.49. The van der Waals surface area contributed by atoms with Gasteiger partial charge in [0.2, 0.25) is 5.88 Å². The van der Waals surface area contributed by atoms with E-state index in [1.54, 1.807) is 13.2 Å². The van der Waals surface area contributed by atoms with Gasteiger partial charge in [-0.25, -0.2) is 14.4 Å². The number of aromatic nitrogens is 2. The average Bonchev–Trinajstić information content (AvgIpc) is 2.55. The van der Waals surface area contributed by atoms with Gasteiger partial charge in [0.15, 0.2) is 0 Å². The number of nitrogens with zero attached hydrogens (tertiary/aromatic N) is 2. The molecular weight excluding hydrogens is 283 g/mol. The van der Waals surface area contributed by atoms with Gasteiger partial charge in [0.1, 0.15) is 17.9 Å².